The molecular formula is C27H23F6N3O8S. The molecule has 5 atom stereocenters. The van der Waals surface area contributed by atoms with Gasteiger partial charge in [-0.3, -0.25) is 14.4 Å². The van der Waals surface area contributed by atoms with Gasteiger partial charge in [0.2, 0.25) is 0 Å². The summed E-state index contributed by atoms with van der Waals surface area (Å²) in [4.78, 5) is 36.4. The summed E-state index contributed by atoms with van der Waals surface area (Å²) >= 11 is 0.888. The number of alkyl halides is 3. The van der Waals surface area contributed by atoms with Crippen LogP contribution in [0.1, 0.15) is 26.8 Å². The number of carbonyl (C=O) groups is 3. The van der Waals surface area contributed by atoms with Gasteiger partial charge in [0.05, 0.1) is 6.20 Å². The van der Waals surface area contributed by atoms with Crippen LogP contribution in [0.25, 0.3) is 11.3 Å². The van der Waals surface area contributed by atoms with E-state index in [0.717, 1.165) is 49.3 Å². The van der Waals surface area contributed by atoms with Gasteiger partial charge in [-0.25, -0.2) is 17.9 Å². The van der Waals surface area contributed by atoms with Gasteiger partial charge in [-0.2, -0.15) is 0 Å². The van der Waals surface area contributed by atoms with Crippen LogP contribution in [0.4, 0.5) is 26.3 Å². The van der Waals surface area contributed by atoms with Crippen molar-refractivity contribution in [2.24, 2.45) is 0 Å². The zero-order valence-corrected chi connectivity index (χ0v) is 24.2. The average Bonchev–Trinajstić information content (AvgIpc) is 3.41. The van der Waals surface area contributed by atoms with Crippen molar-refractivity contribution in [3.63, 3.8) is 0 Å². The summed E-state index contributed by atoms with van der Waals surface area (Å²) in [5, 5.41) is 7.87. The number of rotatable bonds is 9. The van der Waals surface area contributed by atoms with Gasteiger partial charge in [0, 0.05) is 31.2 Å². The van der Waals surface area contributed by atoms with Crippen molar-refractivity contribution in [1.82, 2.24) is 15.0 Å². The molecule has 2 aromatic carbocycles. The Morgan fingerprint density at radius 2 is 1.53 bits per heavy atom. The van der Waals surface area contributed by atoms with Gasteiger partial charge in [-0.1, -0.05) is 17.0 Å². The maximum Gasteiger partial charge on any atom is 0.573 e. The summed E-state index contributed by atoms with van der Waals surface area (Å²) in [6.07, 6.45) is -7.72. The van der Waals surface area contributed by atoms with Crippen molar-refractivity contribution in [1.29, 1.82) is 0 Å². The largest absolute Gasteiger partial charge is 0.573 e. The second-order valence-corrected chi connectivity index (χ2v) is 10.6. The van der Waals surface area contributed by atoms with Crippen LogP contribution in [-0.2, 0) is 33.3 Å². The number of nitrogens with zero attached hydrogens (tertiary/aromatic N) is 3. The number of hydrogen-bond acceptors (Lipinski definition) is 11. The maximum atomic E-state index is 14.0. The predicted octanol–water partition coefficient (Wildman–Crippen LogP) is 4.75. The molecule has 1 aliphatic heterocycles. The summed E-state index contributed by atoms with van der Waals surface area (Å²) in [6.45, 7) is 2.79. The molecule has 0 spiro atoms. The number of carbonyl (C=O) groups excluding carboxylic acids is 3. The van der Waals surface area contributed by atoms with Crippen LogP contribution in [0.3, 0.4) is 0 Å². The molecule has 45 heavy (non-hydrogen) atoms. The van der Waals surface area contributed by atoms with Gasteiger partial charge in [-0.05, 0) is 36.4 Å². The number of hydrogen-bond donors (Lipinski definition) is 0. The molecule has 0 aliphatic carbocycles. The average molecular weight is 664 g/mol. The van der Waals surface area contributed by atoms with Gasteiger partial charge < -0.3 is 23.7 Å². The van der Waals surface area contributed by atoms with Crippen LogP contribution in [0.5, 0.6) is 5.75 Å². The van der Waals surface area contributed by atoms with E-state index in [1.807, 2.05) is 0 Å². The molecule has 0 N–H and O–H groups in total. The lowest BCUT2D eigenvalue weighted by Crippen LogP contribution is -2.57. The molecule has 4 rings (SSSR count). The first-order valence-corrected chi connectivity index (χ1v) is 13.7. The number of thioether (sulfide) groups is 1. The third kappa shape index (κ3) is 8.65. The fraction of sp³-hybridized carbons (Fsp3) is 0.370. The molecule has 18 heteroatoms. The van der Waals surface area contributed by atoms with Crippen LogP contribution in [0, 0.1) is 17.5 Å². The number of ether oxygens (including phenoxy) is 5. The quantitative estimate of drug-likeness (QED) is 0.136. The van der Waals surface area contributed by atoms with Gasteiger partial charge >= 0.3 is 24.3 Å². The van der Waals surface area contributed by atoms with Gasteiger partial charge in [0.25, 0.3) is 0 Å². The maximum absolute atomic E-state index is 14.0. The van der Waals surface area contributed by atoms with Gasteiger partial charge in [-0.15, -0.1) is 18.3 Å². The molecule has 1 fully saturated rings. The van der Waals surface area contributed by atoms with Crippen LogP contribution >= 0.6 is 11.8 Å². The molecule has 242 valence electrons. The minimum Gasteiger partial charge on any atom is -0.463 e. The number of halogens is 6. The molecular weight excluding hydrogens is 640 g/mol. The Bertz CT molecular complexity index is 1530. The highest BCUT2D eigenvalue weighted by Gasteiger charge is 2.52. The first-order valence-electron chi connectivity index (χ1n) is 12.8. The van der Waals surface area contributed by atoms with Crippen molar-refractivity contribution in [3.05, 3.63) is 60.0 Å². The summed E-state index contributed by atoms with van der Waals surface area (Å²) in [7, 11) is 0. The third-order valence-electron chi connectivity index (χ3n) is 6.08. The van der Waals surface area contributed by atoms with Crippen molar-refractivity contribution in [3.8, 4) is 17.0 Å². The molecule has 3 aromatic rings. The zero-order valence-electron chi connectivity index (χ0n) is 23.4. The third-order valence-corrected chi connectivity index (χ3v) is 7.23. The smallest absolute Gasteiger partial charge is 0.463 e. The molecule has 0 saturated carbocycles. The van der Waals surface area contributed by atoms with Crippen LogP contribution < -0.4 is 4.74 Å². The van der Waals surface area contributed by atoms with Gasteiger partial charge in [0.1, 0.15) is 35.6 Å². The Kier molecular flexibility index (Phi) is 10.3. The molecule has 0 amide bonds. The van der Waals surface area contributed by atoms with E-state index in [1.165, 1.54) is 18.3 Å². The fourth-order valence-corrected chi connectivity index (χ4v) is 5.50. The first-order chi connectivity index (χ1) is 21.1. The van der Waals surface area contributed by atoms with Crippen LogP contribution in [-0.4, -0.2) is 69.6 Å². The predicted molar refractivity (Wildman–Crippen MR) is 140 cm³/mol. The van der Waals surface area contributed by atoms with E-state index >= 15 is 0 Å². The summed E-state index contributed by atoms with van der Waals surface area (Å²) in [5.74, 6) is -7.55. The van der Waals surface area contributed by atoms with Gasteiger partial charge in [0.15, 0.2) is 29.7 Å². The fourth-order valence-electron chi connectivity index (χ4n) is 4.39. The van der Waals surface area contributed by atoms with E-state index in [9.17, 15) is 40.7 Å². The molecule has 2 heterocycles. The summed E-state index contributed by atoms with van der Waals surface area (Å²) in [5.41, 5.74) is -1.56. The normalized spacial score (nSPS) is 21.6. The van der Waals surface area contributed by atoms with Crippen molar-refractivity contribution in [2.45, 2.75) is 61.8 Å². The van der Waals surface area contributed by atoms with E-state index in [0.29, 0.717) is 17.0 Å². The lowest BCUT2D eigenvalue weighted by atomic mass is 9.96. The summed E-state index contributed by atoms with van der Waals surface area (Å²) < 4.78 is 107. The lowest BCUT2D eigenvalue weighted by Gasteiger charge is -2.44. The Labute approximate surface area is 254 Å². The standard InChI is InChI=1S/C27H23F6N3O8S/c1-12(37)40-11-21-24(41-13(2)38)23(36-10-20(34-35-36)15-8-18(28)22(30)19(29)9-15)25(42-14(3)39)26(43-21)45-17-6-4-16(5-7-17)44-27(31,32)33/h4-10,21,23-26H,11H2,1-3H3. The molecule has 1 saturated heterocycles. The van der Waals surface area contributed by atoms with Crippen LogP contribution in [0.15, 0.2) is 47.5 Å². The highest BCUT2D eigenvalue weighted by atomic mass is 32.2. The number of benzene rings is 2. The highest BCUT2D eigenvalue weighted by molar-refractivity contribution is 7.99. The Morgan fingerprint density at radius 3 is 2.09 bits per heavy atom. The minimum absolute atomic E-state index is 0.150. The molecule has 5 unspecified atom stereocenters. The first kappa shape index (κ1) is 33.6. The Balaban J connectivity index is 1.77. The van der Waals surface area contributed by atoms with Crippen molar-refractivity contribution < 1.29 is 64.4 Å². The topological polar surface area (TPSA) is 128 Å². The highest BCUT2D eigenvalue weighted by Crippen LogP contribution is 2.42. The molecule has 1 aromatic heterocycles. The Morgan fingerprint density at radius 1 is 0.933 bits per heavy atom. The second kappa shape index (κ2) is 13.8. The minimum atomic E-state index is -4.92. The molecule has 0 bridgehead atoms. The number of aromatic nitrogens is 3. The van der Waals surface area contributed by atoms with E-state index < -0.39 is 83.9 Å². The van der Waals surface area contributed by atoms with Crippen LogP contribution in [0.2, 0.25) is 0 Å². The summed E-state index contributed by atoms with van der Waals surface area (Å²) in [6, 6.07) is 4.71. The monoisotopic (exact) mass is 663 g/mol. The zero-order chi connectivity index (χ0) is 33.1. The van der Waals surface area contributed by atoms with E-state index in [4.69, 9.17) is 18.9 Å². The molecule has 11 nitrogen and oxygen atoms in total. The van der Waals surface area contributed by atoms with E-state index in [1.54, 1.807) is 0 Å². The molecule has 1 aliphatic rings. The number of esters is 3. The Hall–Kier alpha value is -4.32. The second-order valence-electron chi connectivity index (χ2n) is 9.46. The van der Waals surface area contributed by atoms with Crippen molar-refractivity contribution in [2.75, 3.05) is 6.61 Å². The molecule has 0 radical (unpaired) electrons. The van der Waals surface area contributed by atoms with E-state index in [2.05, 4.69) is 15.0 Å². The van der Waals surface area contributed by atoms with E-state index in [-0.39, 0.29) is 11.3 Å². The SMILES string of the molecule is CC(=O)OCC1OC(Sc2ccc(OC(F)(F)F)cc2)C(OC(C)=O)C(n2cc(-c3cc(F)c(F)c(F)c3)nn2)C1OC(C)=O. The lowest BCUT2D eigenvalue weighted by molar-refractivity contribution is -0.274. The van der Waals surface area contributed by atoms with Crippen molar-refractivity contribution >= 4 is 29.7 Å².